The maximum atomic E-state index is 11.1. The largest absolute Gasteiger partial charge is 0.493 e. The first-order valence-corrected chi connectivity index (χ1v) is 10.5. The van der Waals surface area contributed by atoms with Crippen LogP contribution in [-0.2, 0) is 14.9 Å². The first-order chi connectivity index (χ1) is 15.1. The molecule has 0 aromatic heterocycles. The molecule has 0 radical (unpaired) electrons. The van der Waals surface area contributed by atoms with Crippen LogP contribution >= 0.6 is 0 Å². The molecule has 0 atom stereocenters. The average Bonchev–Trinajstić information content (AvgIpc) is 2.77. The summed E-state index contributed by atoms with van der Waals surface area (Å²) in [4.78, 5) is 11.1. The summed E-state index contributed by atoms with van der Waals surface area (Å²) in [7, 11) is 0. The lowest BCUT2D eigenvalue weighted by atomic mass is 9.76. The van der Waals surface area contributed by atoms with E-state index in [0.29, 0.717) is 26.4 Å². The predicted octanol–water partition coefficient (Wildman–Crippen LogP) is 4.94. The van der Waals surface area contributed by atoms with Crippen LogP contribution < -0.4 is 9.47 Å². The van der Waals surface area contributed by atoms with Gasteiger partial charge in [0.25, 0.3) is 0 Å². The lowest BCUT2D eigenvalue weighted by Gasteiger charge is -2.40. The minimum atomic E-state index is -0.807. The smallest absolute Gasteiger partial charge is 0.304 e. The average molecular weight is 418 g/mol. The quantitative estimate of drug-likeness (QED) is 0.472. The Hall–Kier alpha value is -3.31. The van der Waals surface area contributed by atoms with Crippen molar-refractivity contribution in [2.24, 2.45) is 0 Å². The number of carboxylic acid groups (broad SMARTS) is 1. The summed E-state index contributed by atoms with van der Waals surface area (Å²) in [6.07, 6.45) is 0.843. The lowest BCUT2D eigenvalue weighted by Crippen LogP contribution is -2.48. The monoisotopic (exact) mass is 418 g/mol. The minimum Gasteiger partial charge on any atom is -0.493 e. The number of carbonyl (C=O) groups is 1. The van der Waals surface area contributed by atoms with Crippen LogP contribution in [0.5, 0.6) is 11.5 Å². The van der Waals surface area contributed by atoms with Gasteiger partial charge in [-0.05, 0) is 41.0 Å². The topological polar surface area (TPSA) is 65.0 Å². The molecule has 5 heteroatoms. The van der Waals surface area contributed by atoms with E-state index in [2.05, 4.69) is 24.3 Å². The maximum Gasteiger partial charge on any atom is 0.304 e. The second-order valence-electron chi connectivity index (χ2n) is 7.81. The first kappa shape index (κ1) is 20.9. The number of hydrogen-bond donors (Lipinski definition) is 1. The van der Waals surface area contributed by atoms with E-state index in [1.54, 1.807) is 0 Å². The van der Waals surface area contributed by atoms with Gasteiger partial charge in [0, 0.05) is 6.42 Å². The highest BCUT2D eigenvalue weighted by Crippen LogP contribution is 2.36. The van der Waals surface area contributed by atoms with Crippen molar-refractivity contribution in [1.29, 1.82) is 0 Å². The molecule has 3 aromatic rings. The van der Waals surface area contributed by atoms with E-state index in [1.165, 1.54) is 11.1 Å². The maximum absolute atomic E-state index is 11.1. The van der Waals surface area contributed by atoms with Gasteiger partial charge in [-0.25, -0.2) is 0 Å². The van der Waals surface area contributed by atoms with E-state index < -0.39 is 11.4 Å². The Kier molecular flexibility index (Phi) is 6.53. The molecule has 31 heavy (non-hydrogen) atoms. The Morgan fingerprint density at radius 1 is 0.806 bits per heavy atom. The van der Waals surface area contributed by atoms with E-state index in [1.807, 2.05) is 54.6 Å². The number of benzene rings is 3. The molecule has 1 N–H and O–H groups in total. The molecule has 0 spiro atoms. The van der Waals surface area contributed by atoms with Crippen molar-refractivity contribution in [3.05, 3.63) is 84.4 Å². The van der Waals surface area contributed by atoms with Gasteiger partial charge < -0.3 is 19.3 Å². The number of aliphatic carboxylic acids is 1. The van der Waals surface area contributed by atoms with Crippen LogP contribution in [0.15, 0.2) is 78.9 Å². The van der Waals surface area contributed by atoms with Crippen molar-refractivity contribution >= 4 is 5.97 Å². The second-order valence-corrected chi connectivity index (χ2v) is 7.81. The van der Waals surface area contributed by atoms with Gasteiger partial charge in [0.1, 0.15) is 11.5 Å². The lowest BCUT2D eigenvalue weighted by molar-refractivity contribution is -0.145. The summed E-state index contributed by atoms with van der Waals surface area (Å²) in [5.74, 6) is 0.801. The molecular formula is C26H26O5. The van der Waals surface area contributed by atoms with Crippen LogP contribution in [0.3, 0.4) is 0 Å². The van der Waals surface area contributed by atoms with Gasteiger partial charge in [-0.1, -0.05) is 54.6 Å². The molecule has 0 unspecified atom stereocenters. The molecule has 1 aliphatic heterocycles. The third kappa shape index (κ3) is 5.25. The van der Waals surface area contributed by atoms with Gasteiger partial charge in [-0.15, -0.1) is 0 Å². The number of ether oxygens (including phenoxy) is 3. The zero-order valence-electron chi connectivity index (χ0n) is 17.3. The zero-order chi connectivity index (χ0) is 21.5. The fraction of sp³-hybridized carbons (Fsp3) is 0.269. The van der Waals surface area contributed by atoms with Crippen LogP contribution in [0.4, 0.5) is 0 Å². The SMILES string of the molecule is O=C(O)CC1(c2ccc(OCCCOc3ccc(-c4ccccc4)cc3)cc2)COC1. The van der Waals surface area contributed by atoms with Gasteiger partial charge >= 0.3 is 5.97 Å². The fourth-order valence-electron chi connectivity index (χ4n) is 3.73. The number of hydrogen-bond acceptors (Lipinski definition) is 4. The zero-order valence-corrected chi connectivity index (χ0v) is 17.3. The highest BCUT2D eigenvalue weighted by atomic mass is 16.5. The Morgan fingerprint density at radius 2 is 1.35 bits per heavy atom. The molecule has 0 bridgehead atoms. The van der Waals surface area contributed by atoms with E-state index in [-0.39, 0.29) is 6.42 Å². The van der Waals surface area contributed by atoms with E-state index in [0.717, 1.165) is 23.5 Å². The summed E-state index contributed by atoms with van der Waals surface area (Å²) in [6, 6.07) is 26.0. The third-order valence-electron chi connectivity index (χ3n) is 5.50. The van der Waals surface area contributed by atoms with E-state index >= 15 is 0 Å². The molecule has 1 fully saturated rings. The van der Waals surface area contributed by atoms with Crippen LogP contribution in [0.1, 0.15) is 18.4 Å². The molecular weight excluding hydrogens is 392 g/mol. The van der Waals surface area contributed by atoms with Crippen LogP contribution in [0.2, 0.25) is 0 Å². The van der Waals surface area contributed by atoms with E-state index in [4.69, 9.17) is 19.3 Å². The van der Waals surface area contributed by atoms with Crippen LogP contribution in [0.25, 0.3) is 11.1 Å². The third-order valence-corrected chi connectivity index (χ3v) is 5.50. The Bertz CT molecular complexity index is 977. The minimum absolute atomic E-state index is 0.0802. The molecule has 160 valence electrons. The first-order valence-electron chi connectivity index (χ1n) is 10.5. The van der Waals surface area contributed by atoms with Gasteiger partial charge in [-0.3, -0.25) is 4.79 Å². The van der Waals surface area contributed by atoms with Crippen molar-refractivity contribution in [2.45, 2.75) is 18.3 Å². The summed E-state index contributed by atoms with van der Waals surface area (Å²) in [6.45, 7) is 2.01. The highest BCUT2D eigenvalue weighted by molar-refractivity contribution is 5.69. The van der Waals surface area contributed by atoms with Gasteiger partial charge in [0.05, 0.1) is 38.3 Å². The van der Waals surface area contributed by atoms with Crippen molar-refractivity contribution in [3.8, 4) is 22.6 Å². The molecule has 4 rings (SSSR count). The fourth-order valence-corrected chi connectivity index (χ4v) is 3.73. The molecule has 1 saturated heterocycles. The molecule has 0 amide bonds. The Morgan fingerprint density at radius 3 is 1.87 bits per heavy atom. The van der Waals surface area contributed by atoms with Crippen LogP contribution in [0, 0.1) is 0 Å². The molecule has 3 aromatic carbocycles. The summed E-state index contributed by atoms with van der Waals surface area (Å²) < 4.78 is 16.9. The summed E-state index contributed by atoms with van der Waals surface area (Å²) in [5, 5.41) is 9.15. The van der Waals surface area contributed by atoms with Gasteiger partial charge in [-0.2, -0.15) is 0 Å². The summed E-state index contributed by atoms with van der Waals surface area (Å²) in [5.41, 5.74) is 2.93. The van der Waals surface area contributed by atoms with Crippen molar-refractivity contribution in [2.75, 3.05) is 26.4 Å². The second kappa shape index (κ2) is 9.67. The van der Waals surface area contributed by atoms with Crippen LogP contribution in [-0.4, -0.2) is 37.5 Å². The molecule has 0 saturated carbocycles. The van der Waals surface area contributed by atoms with E-state index in [9.17, 15) is 4.79 Å². The Balaban J connectivity index is 1.20. The van der Waals surface area contributed by atoms with Crippen molar-refractivity contribution < 1.29 is 24.1 Å². The van der Waals surface area contributed by atoms with Crippen molar-refractivity contribution in [1.82, 2.24) is 0 Å². The molecule has 5 nitrogen and oxygen atoms in total. The standard InChI is InChI=1S/C26H26O5/c27-25(28)17-26(18-29-19-26)22-9-13-24(14-10-22)31-16-4-15-30-23-11-7-21(8-12-23)20-5-2-1-3-6-20/h1-3,5-14H,4,15-19H2,(H,27,28). The van der Waals surface area contributed by atoms with Gasteiger partial charge in [0.15, 0.2) is 0 Å². The highest BCUT2D eigenvalue weighted by Gasteiger charge is 2.42. The normalized spacial score (nSPS) is 14.5. The summed E-state index contributed by atoms with van der Waals surface area (Å²) >= 11 is 0. The predicted molar refractivity (Wildman–Crippen MR) is 119 cm³/mol. The number of rotatable bonds is 10. The Labute approximate surface area is 182 Å². The van der Waals surface area contributed by atoms with Gasteiger partial charge in [0.2, 0.25) is 0 Å². The molecule has 0 aliphatic carbocycles. The molecule has 1 heterocycles. The number of carboxylic acids is 1. The molecule has 1 aliphatic rings. The van der Waals surface area contributed by atoms with Crippen molar-refractivity contribution in [3.63, 3.8) is 0 Å².